The molecule has 0 radical (unpaired) electrons. The average Bonchev–Trinajstić information content (AvgIpc) is 2.81. The normalized spacial score (nSPS) is 11.1. The number of amides is 1. The van der Waals surface area contributed by atoms with Gasteiger partial charge in [0.1, 0.15) is 0 Å². The molecule has 6 heteroatoms. The Balaban J connectivity index is 1.55. The standard InChI is InChI=1S/C26H23N5O/c1-17-7-8-21(31-25(32)18-5-4-6-19(13-18)26(2,3)16-27)14-23(17)30-20-9-10-22-24(15-20)29-12-11-28-22/h4-15,30H,1-3H3,(H,31,32). The Labute approximate surface area is 187 Å². The summed E-state index contributed by atoms with van der Waals surface area (Å²) in [6.45, 7) is 5.67. The predicted octanol–water partition coefficient (Wildman–Crippen LogP) is 5.74. The molecular formula is C26H23N5O. The van der Waals surface area contributed by atoms with Crippen molar-refractivity contribution in [3.63, 3.8) is 0 Å². The van der Waals surface area contributed by atoms with Crippen LogP contribution in [0.1, 0.15) is 35.3 Å². The molecule has 0 atom stereocenters. The first-order valence-electron chi connectivity index (χ1n) is 10.3. The van der Waals surface area contributed by atoms with E-state index in [1.807, 2.05) is 63.2 Å². The number of hydrogen-bond acceptors (Lipinski definition) is 5. The van der Waals surface area contributed by atoms with Gasteiger partial charge in [0, 0.05) is 35.0 Å². The number of nitrogens with zero attached hydrogens (tertiary/aromatic N) is 3. The number of nitrogens with one attached hydrogen (secondary N) is 2. The van der Waals surface area contributed by atoms with Crippen molar-refractivity contribution < 1.29 is 4.79 Å². The number of hydrogen-bond donors (Lipinski definition) is 2. The van der Waals surface area contributed by atoms with E-state index in [4.69, 9.17) is 0 Å². The minimum atomic E-state index is -0.665. The van der Waals surface area contributed by atoms with E-state index in [-0.39, 0.29) is 5.91 Å². The Morgan fingerprint density at radius 3 is 2.47 bits per heavy atom. The monoisotopic (exact) mass is 421 g/mol. The van der Waals surface area contributed by atoms with Gasteiger partial charge in [-0.1, -0.05) is 18.2 Å². The molecule has 1 heterocycles. The van der Waals surface area contributed by atoms with Crippen molar-refractivity contribution >= 4 is 34.0 Å². The molecular weight excluding hydrogens is 398 g/mol. The number of aromatic nitrogens is 2. The fraction of sp³-hybridized carbons (Fsp3) is 0.154. The summed E-state index contributed by atoms with van der Waals surface area (Å²) in [5.74, 6) is -0.226. The van der Waals surface area contributed by atoms with E-state index in [1.165, 1.54) is 0 Å². The predicted molar refractivity (Wildman–Crippen MR) is 127 cm³/mol. The third-order valence-electron chi connectivity index (χ3n) is 5.37. The van der Waals surface area contributed by atoms with Crippen LogP contribution in [0.2, 0.25) is 0 Å². The van der Waals surface area contributed by atoms with Gasteiger partial charge in [-0.3, -0.25) is 14.8 Å². The first-order valence-corrected chi connectivity index (χ1v) is 10.3. The molecule has 0 aliphatic carbocycles. The van der Waals surface area contributed by atoms with E-state index in [1.54, 1.807) is 30.6 Å². The summed E-state index contributed by atoms with van der Waals surface area (Å²) < 4.78 is 0. The van der Waals surface area contributed by atoms with Crippen LogP contribution in [-0.4, -0.2) is 15.9 Å². The number of rotatable bonds is 5. The highest BCUT2D eigenvalue weighted by molar-refractivity contribution is 6.04. The lowest BCUT2D eigenvalue weighted by Crippen LogP contribution is -2.17. The summed E-state index contributed by atoms with van der Waals surface area (Å²) in [4.78, 5) is 21.5. The van der Waals surface area contributed by atoms with Gasteiger partial charge < -0.3 is 10.6 Å². The Bertz CT molecular complexity index is 1350. The van der Waals surface area contributed by atoms with Crippen molar-refractivity contribution in [3.8, 4) is 6.07 Å². The molecule has 6 nitrogen and oxygen atoms in total. The molecule has 0 aliphatic heterocycles. The van der Waals surface area contributed by atoms with Crippen molar-refractivity contribution in [2.24, 2.45) is 0 Å². The number of anilines is 3. The van der Waals surface area contributed by atoms with E-state index in [2.05, 4.69) is 26.7 Å². The van der Waals surface area contributed by atoms with Crippen LogP contribution >= 0.6 is 0 Å². The molecule has 0 saturated carbocycles. The molecule has 0 spiro atoms. The molecule has 2 N–H and O–H groups in total. The van der Waals surface area contributed by atoms with E-state index >= 15 is 0 Å². The van der Waals surface area contributed by atoms with Crippen LogP contribution in [0.4, 0.5) is 17.1 Å². The Morgan fingerprint density at radius 1 is 0.938 bits per heavy atom. The van der Waals surface area contributed by atoms with Crippen LogP contribution in [0, 0.1) is 18.3 Å². The molecule has 0 aliphatic rings. The first kappa shape index (κ1) is 21.0. The topological polar surface area (TPSA) is 90.7 Å². The maximum absolute atomic E-state index is 12.9. The summed E-state index contributed by atoms with van der Waals surface area (Å²) >= 11 is 0. The number of carbonyl (C=O) groups excluding carboxylic acids is 1. The molecule has 4 aromatic rings. The number of aryl methyl sites for hydroxylation is 1. The van der Waals surface area contributed by atoms with Gasteiger partial charge in [0.2, 0.25) is 0 Å². The maximum atomic E-state index is 12.9. The summed E-state index contributed by atoms with van der Waals surface area (Å²) in [7, 11) is 0. The quantitative estimate of drug-likeness (QED) is 0.429. The van der Waals surface area contributed by atoms with Gasteiger partial charge in [-0.05, 0) is 74.4 Å². The Kier molecular flexibility index (Phi) is 5.57. The molecule has 158 valence electrons. The second-order valence-electron chi connectivity index (χ2n) is 8.19. The fourth-order valence-corrected chi connectivity index (χ4v) is 3.35. The summed E-state index contributed by atoms with van der Waals surface area (Å²) in [5, 5.41) is 15.7. The highest BCUT2D eigenvalue weighted by Gasteiger charge is 2.21. The second-order valence-corrected chi connectivity index (χ2v) is 8.19. The van der Waals surface area contributed by atoms with Gasteiger partial charge in [-0.15, -0.1) is 0 Å². The van der Waals surface area contributed by atoms with Crippen LogP contribution in [0.3, 0.4) is 0 Å². The van der Waals surface area contributed by atoms with Crippen molar-refractivity contribution in [2.75, 3.05) is 10.6 Å². The van der Waals surface area contributed by atoms with Crippen molar-refractivity contribution in [2.45, 2.75) is 26.2 Å². The molecule has 0 fully saturated rings. The lowest BCUT2D eigenvalue weighted by molar-refractivity contribution is 0.102. The third-order valence-corrected chi connectivity index (χ3v) is 5.37. The molecule has 3 aromatic carbocycles. The minimum absolute atomic E-state index is 0.226. The Morgan fingerprint density at radius 2 is 1.69 bits per heavy atom. The van der Waals surface area contributed by atoms with E-state index in [0.717, 1.165) is 33.5 Å². The molecule has 0 saturated heterocycles. The van der Waals surface area contributed by atoms with Crippen molar-refractivity contribution in [1.82, 2.24) is 9.97 Å². The zero-order valence-corrected chi connectivity index (χ0v) is 18.2. The largest absolute Gasteiger partial charge is 0.355 e. The lowest BCUT2D eigenvalue weighted by atomic mass is 9.85. The molecule has 32 heavy (non-hydrogen) atoms. The van der Waals surface area contributed by atoms with Crippen molar-refractivity contribution in [3.05, 3.63) is 89.7 Å². The molecule has 0 bridgehead atoms. The smallest absolute Gasteiger partial charge is 0.255 e. The SMILES string of the molecule is Cc1ccc(NC(=O)c2cccc(C(C)(C)C#N)c2)cc1Nc1ccc2nccnc2c1. The van der Waals surface area contributed by atoms with Crippen LogP contribution in [0.15, 0.2) is 73.1 Å². The summed E-state index contributed by atoms with van der Waals surface area (Å²) in [5.41, 5.74) is 5.77. The van der Waals surface area contributed by atoms with Gasteiger partial charge in [-0.25, -0.2) is 0 Å². The highest BCUT2D eigenvalue weighted by Crippen LogP contribution is 2.27. The van der Waals surface area contributed by atoms with E-state index in [0.29, 0.717) is 11.3 Å². The van der Waals surface area contributed by atoms with Gasteiger partial charge in [-0.2, -0.15) is 5.26 Å². The minimum Gasteiger partial charge on any atom is -0.355 e. The summed E-state index contributed by atoms with van der Waals surface area (Å²) in [6, 6.07) is 21.0. The van der Waals surface area contributed by atoms with Crippen molar-refractivity contribution in [1.29, 1.82) is 5.26 Å². The van der Waals surface area contributed by atoms with Gasteiger partial charge in [0.15, 0.2) is 0 Å². The fourth-order valence-electron chi connectivity index (χ4n) is 3.35. The van der Waals surface area contributed by atoms with Crippen LogP contribution in [0.5, 0.6) is 0 Å². The zero-order valence-electron chi connectivity index (χ0n) is 18.2. The van der Waals surface area contributed by atoms with Gasteiger partial charge in [0.25, 0.3) is 5.91 Å². The Hall–Kier alpha value is -4.24. The number of fused-ring (bicyclic) bond motifs is 1. The van der Waals surface area contributed by atoms with E-state index < -0.39 is 5.41 Å². The summed E-state index contributed by atoms with van der Waals surface area (Å²) in [6.07, 6.45) is 3.34. The van der Waals surface area contributed by atoms with E-state index in [9.17, 15) is 10.1 Å². The third kappa shape index (κ3) is 4.42. The number of nitriles is 1. The number of carbonyl (C=O) groups is 1. The second kappa shape index (κ2) is 8.48. The van der Waals surface area contributed by atoms with Gasteiger partial charge in [0.05, 0.1) is 22.5 Å². The molecule has 1 amide bonds. The first-order chi connectivity index (χ1) is 15.4. The average molecular weight is 422 g/mol. The molecule has 0 unspecified atom stereocenters. The van der Waals surface area contributed by atoms with Crippen LogP contribution in [-0.2, 0) is 5.41 Å². The van der Waals surface area contributed by atoms with Crippen LogP contribution in [0.25, 0.3) is 11.0 Å². The van der Waals surface area contributed by atoms with Gasteiger partial charge >= 0.3 is 0 Å². The highest BCUT2D eigenvalue weighted by atomic mass is 16.1. The molecule has 1 aromatic heterocycles. The number of benzene rings is 3. The van der Waals surface area contributed by atoms with Crippen LogP contribution < -0.4 is 10.6 Å². The zero-order chi connectivity index (χ0) is 22.7. The molecule has 4 rings (SSSR count). The lowest BCUT2D eigenvalue weighted by Gasteiger charge is -2.17. The maximum Gasteiger partial charge on any atom is 0.255 e.